The maximum atomic E-state index is 11.6. The van der Waals surface area contributed by atoms with E-state index in [1.165, 1.54) is 12.1 Å². The normalized spacial score (nSPS) is 10.1. The lowest BCUT2D eigenvalue weighted by Gasteiger charge is -2.03. The van der Waals surface area contributed by atoms with Crippen molar-refractivity contribution in [3.8, 4) is 0 Å². The summed E-state index contributed by atoms with van der Waals surface area (Å²) in [5.41, 5.74) is 0.354. The first kappa shape index (κ1) is 14.4. The summed E-state index contributed by atoms with van der Waals surface area (Å²) < 4.78 is 14.8. The molecule has 0 fully saturated rings. The van der Waals surface area contributed by atoms with E-state index < -0.39 is 5.97 Å². The van der Waals surface area contributed by atoms with Gasteiger partial charge >= 0.3 is 5.97 Å². The standard InChI is InChI=1S/C14H10O7/c15-4-9-7-19-13(6-17)12(9)8-20-14(18)3-10-1-2-11(5-16)21-10/h1-2,4-7H,3,8H2. The average Bonchev–Trinajstić information content (AvgIpc) is 3.10. The fourth-order valence-corrected chi connectivity index (χ4v) is 1.66. The molecule has 0 saturated heterocycles. The van der Waals surface area contributed by atoms with Crippen molar-refractivity contribution >= 4 is 24.8 Å². The molecule has 21 heavy (non-hydrogen) atoms. The fraction of sp³-hybridized carbons (Fsp3) is 0.143. The predicted octanol–water partition coefficient (Wildman–Crippen LogP) is 1.60. The number of hydrogen-bond acceptors (Lipinski definition) is 7. The van der Waals surface area contributed by atoms with Crippen molar-refractivity contribution in [1.82, 2.24) is 0 Å². The predicted molar refractivity (Wildman–Crippen MR) is 67.1 cm³/mol. The Morgan fingerprint density at radius 2 is 1.95 bits per heavy atom. The first-order valence-electron chi connectivity index (χ1n) is 5.88. The van der Waals surface area contributed by atoms with Gasteiger partial charge in [0.2, 0.25) is 0 Å². The third kappa shape index (κ3) is 3.33. The Morgan fingerprint density at radius 1 is 1.14 bits per heavy atom. The van der Waals surface area contributed by atoms with Gasteiger partial charge < -0.3 is 13.6 Å². The van der Waals surface area contributed by atoms with Gasteiger partial charge in [-0.3, -0.25) is 19.2 Å². The van der Waals surface area contributed by atoms with E-state index in [1.54, 1.807) is 0 Å². The van der Waals surface area contributed by atoms with Crippen molar-refractivity contribution in [3.63, 3.8) is 0 Å². The summed E-state index contributed by atoms with van der Waals surface area (Å²) in [6, 6.07) is 2.91. The van der Waals surface area contributed by atoms with Gasteiger partial charge in [0, 0.05) is 5.56 Å². The van der Waals surface area contributed by atoms with Crippen molar-refractivity contribution in [2.45, 2.75) is 13.0 Å². The summed E-state index contributed by atoms with van der Waals surface area (Å²) in [6.07, 6.45) is 2.40. The van der Waals surface area contributed by atoms with Crippen molar-refractivity contribution in [2.75, 3.05) is 0 Å². The highest BCUT2D eigenvalue weighted by Crippen LogP contribution is 2.16. The SMILES string of the molecule is O=Cc1ccc(CC(=O)OCc2c(C=O)coc2C=O)o1. The number of furan rings is 2. The Morgan fingerprint density at radius 3 is 2.57 bits per heavy atom. The molecule has 0 N–H and O–H groups in total. The molecule has 0 saturated carbocycles. The number of aldehydes is 3. The van der Waals surface area contributed by atoms with Crippen LogP contribution in [0, 0.1) is 0 Å². The lowest BCUT2D eigenvalue weighted by Crippen LogP contribution is -2.08. The van der Waals surface area contributed by atoms with Crippen LogP contribution >= 0.6 is 0 Å². The van der Waals surface area contributed by atoms with E-state index in [4.69, 9.17) is 13.6 Å². The van der Waals surface area contributed by atoms with Crippen LogP contribution in [0.4, 0.5) is 0 Å². The van der Waals surface area contributed by atoms with Gasteiger partial charge in [-0.2, -0.15) is 0 Å². The molecule has 0 unspecified atom stereocenters. The van der Waals surface area contributed by atoms with E-state index in [1.807, 2.05) is 0 Å². The third-order valence-electron chi connectivity index (χ3n) is 2.69. The van der Waals surface area contributed by atoms with E-state index in [9.17, 15) is 19.2 Å². The molecule has 0 radical (unpaired) electrons. The van der Waals surface area contributed by atoms with Crippen LogP contribution < -0.4 is 0 Å². The van der Waals surface area contributed by atoms with Gasteiger partial charge in [0.15, 0.2) is 30.4 Å². The number of carbonyl (C=O) groups excluding carboxylic acids is 4. The molecule has 0 spiro atoms. The maximum absolute atomic E-state index is 11.6. The zero-order valence-corrected chi connectivity index (χ0v) is 10.7. The Hall–Kier alpha value is -2.96. The lowest BCUT2D eigenvalue weighted by molar-refractivity contribution is -0.144. The number of esters is 1. The largest absolute Gasteiger partial charge is 0.460 e. The number of rotatable bonds is 7. The zero-order valence-electron chi connectivity index (χ0n) is 10.7. The van der Waals surface area contributed by atoms with Gasteiger partial charge in [-0.25, -0.2) is 0 Å². The highest BCUT2D eigenvalue weighted by atomic mass is 16.5. The summed E-state index contributed by atoms with van der Waals surface area (Å²) in [4.78, 5) is 43.6. The van der Waals surface area contributed by atoms with Crippen LogP contribution in [0.5, 0.6) is 0 Å². The van der Waals surface area contributed by atoms with Crippen molar-refractivity contribution in [3.05, 3.63) is 46.8 Å². The molecule has 0 aliphatic carbocycles. The second kappa shape index (κ2) is 6.47. The minimum atomic E-state index is -0.628. The van der Waals surface area contributed by atoms with Crippen LogP contribution in [0.1, 0.15) is 42.8 Å². The van der Waals surface area contributed by atoms with Crippen LogP contribution in [-0.2, 0) is 22.6 Å². The summed E-state index contributed by atoms with van der Waals surface area (Å²) in [5, 5.41) is 0. The second-order valence-electron chi connectivity index (χ2n) is 4.03. The van der Waals surface area contributed by atoms with Crippen LogP contribution in [0.15, 0.2) is 27.2 Å². The smallest absolute Gasteiger partial charge is 0.313 e. The summed E-state index contributed by atoms with van der Waals surface area (Å²) >= 11 is 0. The average molecular weight is 290 g/mol. The number of carbonyl (C=O) groups is 4. The Bertz CT molecular complexity index is 652. The molecule has 2 aromatic heterocycles. The van der Waals surface area contributed by atoms with Crippen molar-refractivity contribution in [2.24, 2.45) is 0 Å². The molecular weight excluding hydrogens is 280 g/mol. The van der Waals surface area contributed by atoms with Crippen LogP contribution in [0.2, 0.25) is 0 Å². The molecule has 2 heterocycles. The molecule has 2 aromatic rings. The van der Waals surface area contributed by atoms with Gasteiger partial charge in [-0.1, -0.05) is 0 Å². The number of hydrogen-bond donors (Lipinski definition) is 0. The molecule has 0 amide bonds. The molecular formula is C14H10O7. The van der Waals surface area contributed by atoms with E-state index in [-0.39, 0.29) is 41.4 Å². The molecule has 0 bridgehead atoms. The quantitative estimate of drug-likeness (QED) is 0.563. The highest BCUT2D eigenvalue weighted by Gasteiger charge is 2.16. The summed E-state index contributed by atoms with van der Waals surface area (Å²) in [6.45, 7) is -0.265. The van der Waals surface area contributed by atoms with Crippen molar-refractivity contribution in [1.29, 1.82) is 0 Å². The first-order valence-corrected chi connectivity index (χ1v) is 5.88. The Kier molecular flexibility index (Phi) is 4.45. The molecule has 0 aromatic carbocycles. The van der Waals surface area contributed by atoms with Gasteiger partial charge in [-0.15, -0.1) is 0 Å². The minimum Gasteiger partial charge on any atom is -0.460 e. The number of ether oxygens (including phenoxy) is 1. The van der Waals surface area contributed by atoms with Crippen LogP contribution in [-0.4, -0.2) is 24.8 Å². The summed E-state index contributed by atoms with van der Waals surface area (Å²) in [7, 11) is 0. The van der Waals surface area contributed by atoms with E-state index in [0.29, 0.717) is 18.9 Å². The molecule has 7 heteroatoms. The second-order valence-corrected chi connectivity index (χ2v) is 4.03. The maximum Gasteiger partial charge on any atom is 0.313 e. The monoisotopic (exact) mass is 290 g/mol. The van der Waals surface area contributed by atoms with E-state index >= 15 is 0 Å². The van der Waals surface area contributed by atoms with E-state index in [0.717, 1.165) is 6.26 Å². The fourth-order valence-electron chi connectivity index (χ4n) is 1.66. The molecule has 0 aliphatic rings. The van der Waals surface area contributed by atoms with Crippen molar-refractivity contribution < 1.29 is 32.7 Å². The Labute approximate surface area is 118 Å². The molecule has 2 rings (SSSR count). The van der Waals surface area contributed by atoms with Gasteiger partial charge in [-0.05, 0) is 12.1 Å². The molecule has 0 aliphatic heterocycles. The van der Waals surface area contributed by atoms with Gasteiger partial charge in [0.05, 0.1) is 5.56 Å². The third-order valence-corrected chi connectivity index (χ3v) is 2.69. The van der Waals surface area contributed by atoms with Crippen LogP contribution in [0.25, 0.3) is 0 Å². The molecule has 0 atom stereocenters. The molecule has 7 nitrogen and oxygen atoms in total. The highest BCUT2D eigenvalue weighted by molar-refractivity contribution is 5.83. The summed E-state index contributed by atoms with van der Waals surface area (Å²) in [5.74, 6) is -0.303. The first-order chi connectivity index (χ1) is 10.2. The Balaban J connectivity index is 1.97. The van der Waals surface area contributed by atoms with Gasteiger partial charge in [0.1, 0.15) is 25.1 Å². The van der Waals surface area contributed by atoms with E-state index in [2.05, 4.69) is 0 Å². The minimum absolute atomic E-state index is 0.0638. The van der Waals surface area contributed by atoms with Crippen LogP contribution in [0.3, 0.4) is 0 Å². The van der Waals surface area contributed by atoms with Gasteiger partial charge in [0.25, 0.3) is 0 Å². The molecule has 108 valence electrons. The lowest BCUT2D eigenvalue weighted by atomic mass is 10.2. The topological polar surface area (TPSA) is 104 Å². The zero-order chi connectivity index (χ0) is 15.2.